The topological polar surface area (TPSA) is 95.7 Å². The number of hydrogen-bond acceptors (Lipinski definition) is 5. The van der Waals surface area contributed by atoms with Gasteiger partial charge in [0, 0.05) is 20.1 Å². The van der Waals surface area contributed by atoms with Crippen molar-refractivity contribution in [2.24, 2.45) is 7.05 Å². The average molecular weight is 267 g/mol. The van der Waals surface area contributed by atoms with Gasteiger partial charge in [-0.2, -0.15) is 5.10 Å². The summed E-state index contributed by atoms with van der Waals surface area (Å²) in [5.41, 5.74) is 0.718. The maximum atomic E-state index is 12.3. The lowest BCUT2D eigenvalue weighted by Gasteiger charge is -2.17. The Bertz CT molecular complexity index is 571. The highest BCUT2D eigenvalue weighted by Crippen LogP contribution is 2.15. The lowest BCUT2D eigenvalue weighted by Crippen LogP contribution is -2.37. The van der Waals surface area contributed by atoms with Crippen molar-refractivity contribution in [1.29, 1.82) is 0 Å². The highest BCUT2D eigenvalue weighted by atomic mass is 16.3. The molecule has 1 aromatic rings. The second kappa shape index (κ2) is 4.75. The van der Waals surface area contributed by atoms with E-state index in [1.54, 1.807) is 13.8 Å². The third-order valence-corrected chi connectivity index (χ3v) is 3.49. The Labute approximate surface area is 110 Å². The van der Waals surface area contributed by atoms with Gasteiger partial charge in [0.1, 0.15) is 5.56 Å². The SMILES string of the molecule is Cc1nn(C)c(=O)c(C(=O)N2C[C@@H](O)[C@@H](O)C2)c1C. The Morgan fingerprint density at radius 2 is 1.79 bits per heavy atom. The van der Waals surface area contributed by atoms with Crippen molar-refractivity contribution in [2.75, 3.05) is 13.1 Å². The number of likely N-dealkylation sites (tertiary alicyclic amines) is 1. The average Bonchev–Trinajstić information content (AvgIpc) is 2.67. The Balaban J connectivity index is 2.43. The van der Waals surface area contributed by atoms with Crippen LogP contribution >= 0.6 is 0 Å². The smallest absolute Gasteiger partial charge is 0.279 e. The number of nitrogens with zero attached hydrogens (tertiary/aromatic N) is 3. The van der Waals surface area contributed by atoms with Crippen molar-refractivity contribution < 1.29 is 15.0 Å². The van der Waals surface area contributed by atoms with E-state index in [2.05, 4.69) is 5.10 Å². The molecule has 0 aromatic carbocycles. The van der Waals surface area contributed by atoms with E-state index in [0.717, 1.165) is 4.68 Å². The molecule has 7 heteroatoms. The number of aliphatic hydroxyl groups is 2. The van der Waals surface area contributed by atoms with Gasteiger partial charge in [-0.25, -0.2) is 4.68 Å². The number of carbonyl (C=O) groups is 1. The summed E-state index contributed by atoms with van der Waals surface area (Å²) in [5, 5.41) is 23.0. The van der Waals surface area contributed by atoms with Crippen molar-refractivity contribution >= 4 is 5.91 Å². The maximum absolute atomic E-state index is 12.3. The van der Waals surface area contributed by atoms with Gasteiger partial charge in [-0.3, -0.25) is 9.59 Å². The van der Waals surface area contributed by atoms with E-state index in [1.165, 1.54) is 11.9 Å². The van der Waals surface area contributed by atoms with Crippen LogP contribution in [0.25, 0.3) is 0 Å². The lowest BCUT2D eigenvalue weighted by atomic mass is 10.1. The summed E-state index contributed by atoms with van der Waals surface area (Å²) >= 11 is 0. The summed E-state index contributed by atoms with van der Waals surface area (Å²) < 4.78 is 1.12. The van der Waals surface area contributed by atoms with Crippen LogP contribution in [0.15, 0.2) is 4.79 Å². The van der Waals surface area contributed by atoms with Crippen molar-refractivity contribution in [3.05, 3.63) is 27.2 Å². The zero-order valence-corrected chi connectivity index (χ0v) is 11.1. The number of amides is 1. The van der Waals surface area contributed by atoms with Crippen LogP contribution in [0, 0.1) is 13.8 Å². The molecule has 1 aliphatic rings. The van der Waals surface area contributed by atoms with Gasteiger partial charge in [0.2, 0.25) is 0 Å². The molecule has 0 spiro atoms. The number of β-amino-alcohol motifs (C(OH)–C–C–N with tert-alkyl or cyclic N) is 2. The van der Waals surface area contributed by atoms with Crippen LogP contribution in [0.5, 0.6) is 0 Å². The molecule has 2 rings (SSSR count). The van der Waals surface area contributed by atoms with Gasteiger partial charge in [0.05, 0.1) is 17.9 Å². The van der Waals surface area contributed by atoms with Crippen molar-refractivity contribution in [1.82, 2.24) is 14.7 Å². The Kier molecular flexibility index (Phi) is 3.42. The summed E-state index contributed by atoms with van der Waals surface area (Å²) in [4.78, 5) is 25.7. The molecule has 104 valence electrons. The van der Waals surface area contributed by atoms with Crippen LogP contribution in [-0.2, 0) is 7.05 Å². The van der Waals surface area contributed by atoms with Crippen LogP contribution in [0.2, 0.25) is 0 Å². The molecule has 19 heavy (non-hydrogen) atoms. The first-order valence-electron chi connectivity index (χ1n) is 6.02. The third kappa shape index (κ3) is 2.26. The Hall–Kier alpha value is -1.73. The Morgan fingerprint density at radius 1 is 1.26 bits per heavy atom. The fourth-order valence-electron chi connectivity index (χ4n) is 2.19. The van der Waals surface area contributed by atoms with Gasteiger partial charge in [-0.15, -0.1) is 0 Å². The van der Waals surface area contributed by atoms with Gasteiger partial charge in [0.25, 0.3) is 11.5 Å². The second-order valence-electron chi connectivity index (χ2n) is 4.86. The van der Waals surface area contributed by atoms with E-state index >= 15 is 0 Å². The van der Waals surface area contributed by atoms with Crippen LogP contribution in [-0.4, -0.2) is 56.1 Å². The van der Waals surface area contributed by atoms with Gasteiger partial charge in [-0.05, 0) is 19.4 Å². The molecule has 1 fully saturated rings. The predicted molar refractivity (Wildman–Crippen MR) is 66.9 cm³/mol. The molecule has 1 amide bonds. The van der Waals surface area contributed by atoms with E-state index in [9.17, 15) is 19.8 Å². The summed E-state index contributed by atoms with van der Waals surface area (Å²) in [6.07, 6.45) is -1.92. The summed E-state index contributed by atoms with van der Waals surface area (Å²) in [7, 11) is 1.49. The van der Waals surface area contributed by atoms with Crippen molar-refractivity contribution in [2.45, 2.75) is 26.1 Å². The third-order valence-electron chi connectivity index (χ3n) is 3.49. The molecule has 2 atom stereocenters. The fourth-order valence-corrected chi connectivity index (χ4v) is 2.19. The molecular weight excluding hydrogens is 250 g/mol. The zero-order valence-electron chi connectivity index (χ0n) is 11.1. The molecule has 1 aromatic heterocycles. The number of carbonyl (C=O) groups excluding carboxylic acids is 1. The number of aryl methyl sites for hydroxylation is 2. The number of rotatable bonds is 1. The first-order chi connectivity index (χ1) is 8.82. The summed E-state index contributed by atoms with van der Waals surface area (Å²) in [6.45, 7) is 3.45. The largest absolute Gasteiger partial charge is 0.388 e. The number of hydrogen-bond donors (Lipinski definition) is 2. The molecule has 0 aliphatic carbocycles. The van der Waals surface area contributed by atoms with E-state index in [0.29, 0.717) is 11.3 Å². The standard InChI is InChI=1S/C12H17N3O4/c1-6-7(2)13-14(3)11(18)10(6)12(19)15-4-8(16)9(17)5-15/h8-9,16-17H,4-5H2,1-3H3/t8-,9+. The molecule has 0 saturated carbocycles. The molecular formula is C12H17N3O4. The monoisotopic (exact) mass is 267 g/mol. The minimum Gasteiger partial charge on any atom is -0.388 e. The van der Waals surface area contributed by atoms with E-state index in [4.69, 9.17) is 0 Å². The van der Waals surface area contributed by atoms with E-state index in [-0.39, 0.29) is 18.7 Å². The van der Waals surface area contributed by atoms with E-state index in [1.807, 2.05) is 0 Å². The molecule has 1 saturated heterocycles. The zero-order chi connectivity index (χ0) is 14.3. The highest BCUT2D eigenvalue weighted by molar-refractivity contribution is 5.95. The minimum absolute atomic E-state index is 0.0317. The summed E-state index contributed by atoms with van der Waals surface area (Å²) in [6, 6.07) is 0. The lowest BCUT2D eigenvalue weighted by molar-refractivity contribution is 0.0572. The highest BCUT2D eigenvalue weighted by Gasteiger charge is 2.34. The normalized spacial score (nSPS) is 22.9. The minimum atomic E-state index is -0.962. The molecule has 0 unspecified atom stereocenters. The fraction of sp³-hybridized carbons (Fsp3) is 0.583. The van der Waals surface area contributed by atoms with Gasteiger partial charge >= 0.3 is 0 Å². The molecule has 2 heterocycles. The van der Waals surface area contributed by atoms with E-state index < -0.39 is 23.7 Å². The van der Waals surface area contributed by atoms with Gasteiger partial charge in [0.15, 0.2) is 0 Å². The molecule has 1 aliphatic heterocycles. The van der Waals surface area contributed by atoms with Crippen molar-refractivity contribution in [3.63, 3.8) is 0 Å². The summed E-state index contributed by atoms with van der Waals surface area (Å²) in [5.74, 6) is -0.473. The van der Waals surface area contributed by atoms with Crippen LogP contribution < -0.4 is 5.56 Å². The first-order valence-corrected chi connectivity index (χ1v) is 6.02. The molecule has 7 nitrogen and oxygen atoms in total. The predicted octanol–water partition coefficient (Wildman–Crippen LogP) is -1.43. The Morgan fingerprint density at radius 3 is 2.32 bits per heavy atom. The first kappa shape index (κ1) is 13.7. The van der Waals surface area contributed by atoms with Gasteiger partial charge < -0.3 is 15.1 Å². The molecule has 2 N–H and O–H groups in total. The quantitative estimate of drug-likeness (QED) is 0.650. The molecule has 0 radical (unpaired) electrons. The maximum Gasteiger partial charge on any atom is 0.279 e. The number of aromatic nitrogens is 2. The number of aliphatic hydroxyl groups excluding tert-OH is 2. The van der Waals surface area contributed by atoms with Crippen LogP contribution in [0.3, 0.4) is 0 Å². The van der Waals surface area contributed by atoms with Gasteiger partial charge in [-0.1, -0.05) is 0 Å². The molecule has 0 bridgehead atoms. The van der Waals surface area contributed by atoms with Crippen LogP contribution in [0.1, 0.15) is 21.6 Å². The van der Waals surface area contributed by atoms with Crippen LogP contribution in [0.4, 0.5) is 0 Å². The second-order valence-corrected chi connectivity index (χ2v) is 4.86. The van der Waals surface area contributed by atoms with Crippen molar-refractivity contribution in [3.8, 4) is 0 Å².